The third-order valence-corrected chi connectivity index (χ3v) is 9.11. The zero-order valence-electron chi connectivity index (χ0n) is 24.2. The van der Waals surface area contributed by atoms with Crippen molar-refractivity contribution in [1.29, 1.82) is 0 Å². The number of rotatable bonds is 14. The molecule has 1 saturated heterocycles. The molecular formula is C31H49ClFN3O3. The first-order chi connectivity index (χ1) is 18.8. The molecule has 1 aliphatic carbocycles. The van der Waals surface area contributed by atoms with Crippen molar-refractivity contribution in [3.05, 3.63) is 34.6 Å². The van der Waals surface area contributed by atoms with Crippen molar-refractivity contribution in [3.63, 3.8) is 0 Å². The Morgan fingerprint density at radius 2 is 1.95 bits per heavy atom. The van der Waals surface area contributed by atoms with E-state index in [-0.39, 0.29) is 22.8 Å². The molecule has 0 bridgehead atoms. The summed E-state index contributed by atoms with van der Waals surface area (Å²) in [5.74, 6) is 0.347. The summed E-state index contributed by atoms with van der Waals surface area (Å²) in [6, 6.07) is 5.02. The van der Waals surface area contributed by atoms with Gasteiger partial charge in [-0.3, -0.25) is 9.59 Å². The lowest BCUT2D eigenvalue weighted by Crippen LogP contribution is -2.56. The molecule has 1 saturated carbocycles. The molecule has 1 aromatic rings. The minimum absolute atomic E-state index is 0.0421. The molecule has 2 fully saturated rings. The van der Waals surface area contributed by atoms with Crippen LogP contribution in [0.15, 0.2) is 18.2 Å². The van der Waals surface area contributed by atoms with E-state index < -0.39 is 11.4 Å². The van der Waals surface area contributed by atoms with Gasteiger partial charge in [0.1, 0.15) is 5.82 Å². The number of ether oxygens (including phenoxy) is 1. The molecule has 0 aromatic heterocycles. The van der Waals surface area contributed by atoms with Crippen molar-refractivity contribution >= 4 is 23.4 Å². The molecule has 1 aromatic carbocycles. The first-order valence-electron chi connectivity index (χ1n) is 14.9. The third-order valence-electron chi connectivity index (χ3n) is 8.82. The molecule has 220 valence electrons. The summed E-state index contributed by atoms with van der Waals surface area (Å²) in [4.78, 5) is 28.2. The number of halogens is 2. The van der Waals surface area contributed by atoms with E-state index in [2.05, 4.69) is 10.6 Å². The van der Waals surface area contributed by atoms with Crippen LogP contribution < -0.4 is 10.6 Å². The van der Waals surface area contributed by atoms with E-state index in [1.165, 1.54) is 45.1 Å². The highest BCUT2D eigenvalue weighted by atomic mass is 35.5. The number of likely N-dealkylation sites (tertiary alicyclic amines) is 1. The van der Waals surface area contributed by atoms with Gasteiger partial charge in [0.05, 0.1) is 10.6 Å². The second-order valence-electron chi connectivity index (χ2n) is 11.8. The minimum Gasteiger partial charge on any atom is -0.385 e. The van der Waals surface area contributed by atoms with Gasteiger partial charge in [0.25, 0.3) is 0 Å². The van der Waals surface area contributed by atoms with Crippen LogP contribution in [0, 0.1) is 23.6 Å². The van der Waals surface area contributed by atoms with E-state index in [4.69, 9.17) is 16.3 Å². The molecule has 2 amide bonds. The van der Waals surface area contributed by atoms with Crippen LogP contribution in [-0.2, 0) is 19.9 Å². The Labute approximate surface area is 239 Å². The second-order valence-corrected chi connectivity index (χ2v) is 12.2. The van der Waals surface area contributed by atoms with E-state index in [1.807, 2.05) is 11.9 Å². The van der Waals surface area contributed by atoms with Crippen LogP contribution in [0.4, 0.5) is 4.39 Å². The molecule has 0 spiro atoms. The number of hydrogen-bond acceptors (Lipinski definition) is 4. The van der Waals surface area contributed by atoms with Crippen LogP contribution >= 0.6 is 11.6 Å². The summed E-state index contributed by atoms with van der Waals surface area (Å²) >= 11 is 6.25. The number of methoxy groups -OCH3 is 1. The molecule has 2 aliphatic rings. The van der Waals surface area contributed by atoms with Gasteiger partial charge in [0.15, 0.2) is 0 Å². The number of amides is 2. The highest BCUT2D eigenvalue weighted by Gasteiger charge is 2.45. The SMILES string of the molecule is CNC[C@@H](CC(=O)N1CCC[C@@H]([C@](CCCCOC)(NC(C)=O)c2cccc(Cl)c2F)C1)CC1CCCCC1. The Morgan fingerprint density at radius 1 is 1.18 bits per heavy atom. The van der Waals surface area contributed by atoms with Crippen LogP contribution in [0.3, 0.4) is 0 Å². The van der Waals surface area contributed by atoms with E-state index in [0.29, 0.717) is 49.9 Å². The van der Waals surface area contributed by atoms with Gasteiger partial charge < -0.3 is 20.3 Å². The minimum atomic E-state index is -0.958. The van der Waals surface area contributed by atoms with Crippen molar-refractivity contribution in [2.45, 2.75) is 89.5 Å². The number of piperidine rings is 1. The normalized spacial score (nSPS) is 20.8. The van der Waals surface area contributed by atoms with Crippen molar-refractivity contribution in [1.82, 2.24) is 15.5 Å². The zero-order valence-corrected chi connectivity index (χ0v) is 25.0. The van der Waals surface area contributed by atoms with Crippen molar-refractivity contribution in [2.75, 3.05) is 40.4 Å². The molecule has 0 unspecified atom stereocenters. The summed E-state index contributed by atoms with van der Waals surface area (Å²) < 4.78 is 20.9. The molecular weight excluding hydrogens is 517 g/mol. The smallest absolute Gasteiger partial charge is 0.222 e. The van der Waals surface area contributed by atoms with E-state index >= 15 is 4.39 Å². The summed E-state index contributed by atoms with van der Waals surface area (Å²) in [7, 11) is 3.62. The van der Waals surface area contributed by atoms with Gasteiger partial charge in [-0.2, -0.15) is 0 Å². The standard InChI is InChI=1S/C31H49ClFN3O3/c1-23(37)35-31(16-7-8-18-39-3,27-14-9-15-28(32)30(27)33)26-13-10-17-36(22-26)29(38)20-25(21-34-2)19-24-11-5-4-6-12-24/h9,14-15,24-26,34H,4-8,10-13,16-22H2,1-3H3,(H,35,37)/t25-,26-,31+/m1/s1. The molecule has 1 heterocycles. The number of hydrogen-bond donors (Lipinski definition) is 2. The lowest BCUT2D eigenvalue weighted by molar-refractivity contribution is -0.135. The molecule has 3 atom stereocenters. The first kappa shape index (κ1) is 31.8. The van der Waals surface area contributed by atoms with Gasteiger partial charge in [0.2, 0.25) is 11.8 Å². The van der Waals surface area contributed by atoms with Gasteiger partial charge >= 0.3 is 0 Å². The second kappa shape index (κ2) is 15.9. The Morgan fingerprint density at radius 3 is 2.64 bits per heavy atom. The Bertz CT molecular complexity index is 926. The number of carbonyl (C=O) groups is 2. The first-order valence-corrected chi connectivity index (χ1v) is 15.3. The Kier molecular flexibility index (Phi) is 13.0. The van der Waals surface area contributed by atoms with Crippen molar-refractivity contribution < 1.29 is 18.7 Å². The van der Waals surface area contributed by atoms with Gasteiger partial charge in [-0.25, -0.2) is 4.39 Å². The molecule has 6 nitrogen and oxygen atoms in total. The number of nitrogens with zero attached hydrogens (tertiary/aromatic N) is 1. The summed E-state index contributed by atoms with van der Waals surface area (Å²) in [5.41, 5.74) is -0.549. The topological polar surface area (TPSA) is 70.7 Å². The third kappa shape index (κ3) is 8.89. The largest absolute Gasteiger partial charge is 0.385 e. The average molecular weight is 566 g/mol. The Hall–Kier alpha value is -1.70. The lowest BCUT2D eigenvalue weighted by atomic mass is 9.70. The van der Waals surface area contributed by atoms with Crippen LogP contribution in [0.1, 0.15) is 89.5 Å². The van der Waals surface area contributed by atoms with Crippen molar-refractivity contribution in [3.8, 4) is 0 Å². The fourth-order valence-electron chi connectivity index (χ4n) is 7.01. The van der Waals surface area contributed by atoms with Crippen molar-refractivity contribution in [2.24, 2.45) is 17.8 Å². The average Bonchev–Trinajstić information content (AvgIpc) is 2.92. The highest BCUT2D eigenvalue weighted by molar-refractivity contribution is 6.30. The maximum Gasteiger partial charge on any atom is 0.222 e. The van der Waals surface area contributed by atoms with Crippen LogP contribution in [0.2, 0.25) is 5.02 Å². The maximum atomic E-state index is 15.6. The van der Waals surface area contributed by atoms with Crippen LogP contribution in [-0.4, -0.2) is 57.1 Å². The molecule has 39 heavy (non-hydrogen) atoms. The molecule has 1 aliphatic heterocycles. The fourth-order valence-corrected chi connectivity index (χ4v) is 7.18. The molecule has 8 heteroatoms. The number of carbonyl (C=O) groups excluding carboxylic acids is 2. The molecule has 3 rings (SSSR count). The zero-order chi connectivity index (χ0) is 28.3. The Balaban J connectivity index is 1.83. The van der Waals surface area contributed by atoms with Gasteiger partial charge in [-0.1, -0.05) is 55.8 Å². The summed E-state index contributed by atoms with van der Waals surface area (Å²) in [5, 5.41) is 6.52. The van der Waals surface area contributed by atoms with Crippen LogP contribution in [0.25, 0.3) is 0 Å². The summed E-state index contributed by atoms with van der Waals surface area (Å²) in [6.45, 7) is 4.10. The van der Waals surface area contributed by atoms with Gasteiger partial charge in [0, 0.05) is 51.6 Å². The highest BCUT2D eigenvalue weighted by Crippen LogP contribution is 2.42. The fraction of sp³-hybridized carbons (Fsp3) is 0.742. The molecule has 0 radical (unpaired) electrons. The predicted molar refractivity (Wildman–Crippen MR) is 155 cm³/mol. The van der Waals surface area contributed by atoms with Gasteiger partial charge in [-0.15, -0.1) is 0 Å². The number of nitrogens with one attached hydrogen (secondary N) is 2. The number of unbranched alkanes of at least 4 members (excludes halogenated alkanes) is 1. The monoisotopic (exact) mass is 565 g/mol. The quantitative estimate of drug-likeness (QED) is 0.269. The van der Waals surface area contributed by atoms with E-state index in [1.54, 1.807) is 19.2 Å². The molecule has 2 N–H and O–H groups in total. The predicted octanol–water partition coefficient (Wildman–Crippen LogP) is 6.06. The van der Waals surface area contributed by atoms with E-state index in [0.717, 1.165) is 38.6 Å². The van der Waals surface area contributed by atoms with E-state index in [9.17, 15) is 9.59 Å². The number of benzene rings is 1. The maximum absolute atomic E-state index is 15.6. The summed E-state index contributed by atoms with van der Waals surface area (Å²) in [6.07, 6.45) is 11.8. The van der Waals surface area contributed by atoms with Crippen LogP contribution in [0.5, 0.6) is 0 Å². The van der Waals surface area contributed by atoms with Gasteiger partial charge in [-0.05, 0) is 70.0 Å². The lowest BCUT2D eigenvalue weighted by Gasteiger charge is -2.47.